The zero-order valence-corrected chi connectivity index (χ0v) is 36.6. The van der Waals surface area contributed by atoms with Crippen LogP contribution in [0, 0.1) is 46.3 Å². The van der Waals surface area contributed by atoms with Gasteiger partial charge in [0.25, 0.3) is 0 Å². The summed E-state index contributed by atoms with van der Waals surface area (Å²) in [5.74, 6) is 2.56. The second-order valence-electron chi connectivity index (χ2n) is 21.1. The van der Waals surface area contributed by atoms with E-state index in [1.807, 2.05) is 0 Å². The number of aliphatic hydroxyl groups excluding tert-OH is 9. The molecule has 0 amide bonds. The first-order chi connectivity index (χ1) is 29.4. The first-order valence-electron chi connectivity index (χ1n) is 23.4. The Hall–Kier alpha value is -0.940. The average Bonchev–Trinajstić information content (AvgIpc) is 3.70. The molecule has 5 aliphatic heterocycles. The highest BCUT2D eigenvalue weighted by atomic mass is 16.8. The monoisotopic (exact) mass is 884 g/mol. The van der Waals surface area contributed by atoms with Crippen molar-refractivity contribution in [2.75, 3.05) is 19.8 Å². The van der Waals surface area contributed by atoms with E-state index in [0.29, 0.717) is 48.3 Å². The SMILES string of the molecule is C[C@@H]1CC[C@@]2(OC1)O[C@H]1C[C@H]3[C@@H]4CC=C5C[C@@H](O[C@@H]6O[C@H](CO)[C@H](O[C@@H]7O[C@H](CO)[C@@H](O)[C@H](O)[C@H]7O)[C@H](O)[C@H]6O[C@@H]6O[C@@H](C)[C@H](O)[C@@H](O)[C@H]6O)CC[C@]5(C)[C@H]4CC[C@]3(C)[C@@H]1[C@@H]2C. The lowest BCUT2D eigenvalue weighted by Gasteiger charge is -2.58. The van der Waals surface area contributed by atoms with Crippen molar-refractivity contribution in [2.45, 2.75) is 203 Å². The van der Waals surface area contributed by atoms with Crippen molar-refractivity contribution >= 4 is 0 Å². The summed E-state index contributed by atoms with van der Waals surface area (Å²) in [6, 6.07) is 0. The summed E-state index contributed by atoms with van der Waals surface area (Å²) in [5, 5.41) is 95.7. The predicted molar refractivity (Wildman–Crippen MR) is 214 cm³/mol. The van der Waals surface area contributed by atoms with Gasteiger partial charge in [0.1, 0.15) is 67.1 Å². The molecule has 26 atom stereocenters. The van der Waals surface area contributed by atoms with Crippen LogP contribution in [-0.2, 0) is 37.9 Å². The molecule has 0 aromatic rings. The van der Waals surface area contributed by atoms with E-state index in [1.165, 1.54) is 12.5 Å². The van der Waals surface area contributed by atoms with Crippen LogP contribution in [0.1, 0.15) is 92.4 Å². The van der Waals surface area contributed by atoms with E-state index >= 15 is 0 Å². The van der Waals surface area contributed by atoms with Crippen molar-refractivity contribution in [3.63, 3.8) is 0 Å². The zero-order valence-electron chi connectivity index (χ0n) is 36.6. The molecule has 0 aromatic carbocycles. The standard InChI is InChI=1S/C45H72O17/c1-19-8-13-45(55-18-19)20(2)30-27(62-45)15-26-24-7-6-22-14-23(9-11-43(22,4)25(24)10-12-44(26,30)5)57-42-39(61-40-35(52)33(50)31(48)21(3)56-40)37(54)38(29(17-47)59-42)60-41-36(53)34(51)32(49)28(16-46)58-41/h6,19-21,23-42,46-54H,7-18H2,1-5H3/t19-,20+,21+,23+,24-,25+,26+,27+,28-,29-,30-,31+,32-,33-,34+,35-,36-,37+,38+,39-,40+,41+,42-,43+,44+,45-/m1/s1. The third kappa shape index (κ3) is 7.49. The molecule has 8 fully saturated rings. The van der Waals surface area contributed by atoms with Gasteiger partial charge in [-0.25, -0.2) is 0 Å². The number of hydrogen-bond acceptors (Lipinski definition) is 17. The molecule has 0 unspecified atom stereocenters. The van der Waals surface area contributed by atoms with Gasteiger partial charge in [-0.1, -0.05) is 39.3 Å². The molecular weight excluding hydrogens is 812 g/mol. The molecule has 17 nitrogen and oxygen atoms in total. The van der Waals surface area contributed by atoms with Gasteiger partial charge in [-0.15, -0.1) is 0 Å². The molecule has 62 heavy (non-hydrogen) atoms. The van der Waals surface area contributed by atoms with Crippen LogP contribution in [-0.4, -0.2) is 176 Å². The Labute approximate surface area is 363 Å². The van der Waals surface area contributed by atoms with Gasteiger partial charge in [0.05, 0.1) is 38.1 Å². The largest absolute Gasteiger partial charge is 0.394 e. The zero-order chi connectivity index (χ0) is 44.2. The van der Waals surface area contributed by atoms with Crippen molar-refractivity contribution in [2.24, 2.45) is 46.3 Å². The van der Waals surface area contributed by atoms with Crippen molar-refractivity contribution in [3.05, 3.63) is 11.6 Å². The quantitative estimate of drug-likeness (QED) is 0.148. The van der Waals surface area contributed by atoms with Crippen LogP contribution in [0.25, 0.3) is 0 Å². The fourth-order valence-corrected chi connectivity index (χ4v) is 14.0. The molecule has 0 aromatic heterocycles. The van der Waals surface area contributed by atoms with E-state index in [0.717, 1.165) is 51.6 Å². The van der Waals surface area contributed by atoms with Crippen LogP contribution in [0.3, 0.4) is 0 Å². The molecule has 9 aliphatic rings. The first kappa shape index (κ1) is 46.2. The Morgan fingerprint density at radius 2 is 1.35 bits per heavy atom. The van der Waals surface area contributed by atoms with Gasteiger partial charge in [-0.05, 0) is 98.7 Å². The van der Waals surface area contributed by atoms with Crippen LogP contribution in [0.4, 0.5) is 0 Å². The Kier molecular flexibility index (Phi) is 12.9. The van der Waals surface area contributed by atoms with E-state index in [9.17, 15) is 46.0 Å². The molecule has 0 radical (unpaired) electrons. The molecule has 0 bridgehead atoms. The summed E-state index contributed by atoms with van der Waals surface area (Å²) in [4.78, 5) is 0. The Balaban J connectivity index is 0.917. The lowest BCUT2D eigenvalue weighted by Crippen LogP contribution is -2.67. The molecule has 5 saturated heterocycles. The number of allylic oxidation sites excluding steroid dienone is 1. The molecule has 17 heteroatoms. The van der Waals surface area contributed by atoms with E-state index in [2.05, 4.69) is 33.8 Å². The van der Waals surface area contributed by atoms with Gasteiger partial charge < -0.3 is 83.9 Å². The summed E-state index contributed by atoms with van der Waals surface area (Å²) in [6.07, 6.45) is -12.0. The second-order valence-corrected chi connectivity index (χ2v) is 21.1. The normalized spacial score (nSPS) is 57.6. The summed E-state index contributed by atoms with van der Waals surface area (Å²) in [7, 11) is 0. The van der Waals surface area contributed by atoms with E-state index in [1.54, 1.807) is 0 Å². The van der Waals surface area contributed by atoms with Gasteiger partial charge in [-0.2, -0.15) is 0 Å². The molecular formula is C45H72O17. The molecule has 9 rings (SSSR count). The van der Waals surface area contributed by atoms with E-state index in [4.69, 9.17) is 37.9 Å². The van der Waals surface area contributed by atoms with Crippen LogP contribution < -0.4 is 0 Å². The van der Waals surface area contributed by atoms with Crippen LogP contribution in [0.5, 0.6) is 0 Å². The minimum atomic E-state index is -1.82. The van der Waals surface area contributed by atoms with Crippen LogP contribution >= 0.6 is 0 Å². The third-order valence-corrected chi connectivity index (χ3v) is 17.7. The maximum absolute atomic E-state index is 12.0. The number of hydrogen-bond donors (Lipinski definition) is 9. The van der Waals surface area contributed by atoms with Gasteiger partial charge in [-0.3, -0.25) is 0 Å². The minimum absolute atomic E-state index is 0.0356. The van der Waals surface area contributed by atoms with Crippen molar-refractivity contribution in [1.29, 1.82) is 0 Å². The Bertz CT molecular complexity index is 1610. The van der Waals surface area contributed by atoms with Gasteiger partial charge in [0.2, 0.25) is 0 Å². The third-order valence-electron chi connectivity index (χ3n) is 17.7. The summed E-state index contributed by atoms with van der Waals surface area (Å²) in [5.41, 5.74) is 1.48. The summed E-state index contributed by atoms with van der Waals surface area (Å²) < 4.78 is 49.9. The number of fused-ring (bicyclic) bond motifs is 7. The minimum Gasteiger partial charge on any atom is -0.394 e. The maximum Gasteiger partial charge on any atom is 0.187 e. The second kappa shape index (κ2) is 17.3. The van der Waals surface area contributed by atoms with Crippen LogP contribution in [0.15, 0.2) is 11.6 Å². The molecule has 354 valence electrons. The summed E-state index contributed by atoms with van der Waals surface area (Å²) >= 11 is 0. The van der Waals surface area contributed by atoms with Gasteiger partial charge >= 0.3 is 0 Å². The van der Waals surface area contributed by atoms with Gasteiger partial charge in [0, 0.05) is 12.3 Å². The highest BCUT2D eigenvalue weighted by Crippen LogP contribution is 2.70. The highest BCUT2D eigenvalue weighted by Gasteiger charge is 2.69. The lowest BCUT2D eigenvalue weighted by molar-refractivity contribution is -0.389. The van der Waals surface area contributed by atoms with Crippen molar-refractivity contribution in [1.82, 2.24) is 0 Å². The van der Waals surface area contributed by atoms with E-state index < -0.39 is 111 Å². The Morgan fingerprint density at radius 3 is 2.05 bits per heavy atom. The average molecular weight is 885 g/mol. The maximum atomic E-state index is 12.0. The topological polar surface area (TPSA) is 256 Å². The van der Waals surface area contributed by atoms with Crippen molar-refractivity contribution < 1.29 is 83.9 Å². The van der Waals surface area contributed by atoms with Crippen molar-refractivity contribution in [3.8, 4) is 0 Å². The Morgan fingerprint density at radius 1 is 0.677 bits per heavy atom. The predicted octanol–water partition coefficient (Wildman–Crippen LogP) is 0.214. The fraction of sp³-hybridized carbons (Fsp3) is 0.956. The first-order valence-corrected chi connectivity index (χ1v) is 23.4. The van der Waals surface area contributed by atoms with Gasteiger partial charge in [0.15, 0.2) is 24.7 Å². The molecule has 4 aliphatic carbocycles. The molecule has 3 saturated carbocycles. The number of rotatable bonds is 8. The molecule has 5 heterocycles. The molecule has 1 spiro atoms. The number of ether oxygens (including phenoxy) is 8. The highest BCUT2D eigenvalue weighted by molar-refractivity contribution is 5.26. The smallest absolute Gasteiger partial charge is 0.187 e. The fourth-order valence-electron chi connectivity index (χ4n) is 14.0. The lowest BCUT2D eigenvalue weighted by atomic mass is 9.47. The molecule has 9 N–H and O–H groups in total. The van der Waals surface area contributed by atoms with E-state index in [-0.39, 0.29) is 23.0 Å². The van der Waals surface area contributed by atoms with Crippen LogP contribution in [0.2, 0.25) is 0 Å². The summed E-state index contributed by atoms with van der Waals surface area (Å²) in [6.45, 7) is 10.4. The number of aliphatic hydroxyl groups is 9.